The molecule has 0 spiro atoms. The highest BCUT2D eigenvalue weighted by atomic mass is 32.1. The van der Waals surface area contributed by atoms with Crippen molar-refractivity contribution in [3.8, 4) is 0 Å². The lowest BCUT2D eigenvalue weighted by atomic mass is 9.95. The van der Waals surface area contributed by atoms with E-state index in [1.54, 1.807) is 11.3 Å². The Hall–Kier alpha value is -0.450. The summed E-state index contributed by atoms with van der Waals surface area (Å²) < 4.78 is 0. The second-order valence-corrected chi connectivity index (χ2v) is 7.03. The number of hydrogen-bond acceptors (Lipinski definition) is 4. The van der Waals surface area contributed by atoms with E-state index in [2.05, 4.69) is 48.3 Å². The quantitative estimate of drug-likeness (QED) is 0.874. The molecule has 0 saturated carbocycles. The summed E-state index contributed by atoms with van der Waals surface area (Å²) in [7, 11) is 0. The van der Waals surface area contributed by atoms with Crippen molar-refractivity contribution in [2.45, 2.75) is 59.0 Å². The Morgan fingerprint density at radius 2 is 2.30 bits per heavy atom. The van der Waals surface area contributed by atoms with E-state index in [4.69, 9.17) is 0 Å². The first kappa shape index (κ1) is 15.9. The summed E-state index contributed by atoms with van der Waals surface area (Å²) in [5.74, 6) is 0.761. The van der Waals surface area contributed by atoms with E-state index in [0.717, 1.165) is 31.1 Å². The predicted molar refractivity (Wildman–Crippen MR) is 87.5 cm³/mol. The predicted octanol–water partition coefficient (Wildman–Crippen LogP) is 3.09. The minimum atomic E-state index is 0.654. The van der Waals surface area contributed by atoms with Gasteiger partial charge in [0.05, 0.1) is 5.01 Å². The second kappa shape index (κ2) is 7.53. The van der Waals surface area contributed by atoms with Crippen LogP contribution < -0.4 is 5.32 Å². The van der Waals surface area contributed by atoms with Gasteiger partial charge in [-0.05, 0) is 19.3 Å². The van der Waals surface area contributed by atoms with E-state index in [9.17, 15) is 0 Å². The van der Waals surface area contributed by atoms with Gasteiger partial charge in [-0.1, -0.05) is 27.2 Å². The summed E-state index contributed by atoms with van der Waals surface area (Å²) in [5, 5.41) is 7.20. The first-order valence-corrected chi connectivity index (χ1v) is 8.90. The summed E-state index contributed by atoms with van der Waals surface area (Å²) in [4.78, 5) is 7.28. The van der Waals surface area contributed by atoms with Gasteiger partial charge in [0.15, 0.2) is 0 Å². The van der Waals surface area contributed by atoms with Crippen molar-refractivity contribution >= 4 is 11.3 Å². The third-order valence-corrected chi connectivity index (χ3v) is 5.67. The van der Waals surface area contributed by atoms with Crippen LogP contribution in [0.25, 0.3) is 0 Å². The molecular formula is C16H29N3S. The number of nitrogens with zero attached hydrogens (tertiary/aromatic N) is 2. The van der Waals surface area contributed by atoms with Crippen LogP contribution in [0.5, 0.6) is 0 Å². The van der Waals surface area contributed by atoms with Gasteiger partial charge >= 0.3 is 0 Å². The molecule has 2 rings (SSSR count). The monoisotopic (exact) mass is 295 g/mol. The first-order chi connectivity index (χ1) is 9.63. The second-order valence-electron chi connectivity index (χ2n) is 6.09. The molecule has 1 aromatic rings. The fourth-order valence-electron chi connectivity index (χ4n) is 2.98. The maximum absolute atomic E-state index is 4.59. The van der Waals surface area contributed by atoms with Crippen LogP contribution >= 0.6 is 11.3 Å². The van der Waals surface area contributed by atoms with E-state index in [1.165, 1.54) is 24.4 Å². The largest absolute Gasteiger partial charge is 0.311 e. The molecule has 4 heteroatoms. The average Bonchev–Trinajstić information content (AvgIpc) is 2.89. The fourth-order valence-corrected chi connectivity index (χ4v) is 3.75. The number of thiazole rings is 1. The topological polar surface area (TPSA) is 28.2 Å². The Bertz CT molecular complexity index is 404. The summed E-state index contributed by atoms with van der Waals surface area (Å²) in [5.41, 5.74) is 1.16. The van der Waals surface area contributed by atoms with Crippen molar-refractivity contribution in [2.24, 2.45) is 5.92 Å². The molecule has 1 aliphatic heterocycles. The Morgan fingerprint density at radius 3 is 2.90 bits per heavy atom. The normalized spacial score (nSPS) is 25.8. The third kappa shape index (κ3) is 4.03. The number of rotatable bonds is 6. The average molecular weight is 295 g/mol. The van der Waals surface area contributed by atoms with Crippen molar-refractivity contribution in [2.75, 3.05) is 19.6 Å². The van der Waals surface area contributed by atoms with Gasteiger partial charge in [-0.15, -0.1) is 11.3 Å². The molecule has 0 aliphatic carbocycles. The number of piperazine rings is 1. The number of aromatic nitrogens is 1. The minimum absolute atomic E-state index is 0.654. The molecule has 3 nitrogen and oxygen atoms in total. The number of aryl methyl sites for hydroxylation is 1. The third-order valence-electron chi connectivity index (χ3n) is 4.64. The highest BCUT2D eigenvalue weighted by Crippen LogP contribution is 2.18. The maximum atomic E-state index is 4.59. The Labute approximate surface area is 127 Å². The van der Waals surface area contributed by atoms with Crippen LogP contribution in [-0.2, 0) is 6.42 Å². The molecule has 1 aromatic heterocycles. The van der Waals surface area contributed by atoms with E-state index < -0.39 is 0 Å². The lowest BCUT2D eigenvalue weighted by Gasteiger charge is -2.42. The molecule has 1 fully saturated rings. The molecule has 3 atom stereocenters. The summed E-state index contributed by atoms with van der Waals surface area (Å²) >= 11 is 1.81. The maximum Gasteiger partial charge on any atom is 0.0940 e. The van der Waals surface area contributed by atoms with Gasteiger partial charge in [0, 0.05) is 49.2 Å². The Balaban J connectivity index is 1.91. The van der Waals surface area contributed by atoms with E-state index in [0.29, 0.717) is 12.1 Å². The van der Waals surface area contributed by atoms with Gasteiger partial charge in [0.1, 0.15) is 0 Å². The van der Waals surface area contributed by atoms with Crippen molar-refractivity contribution < 1.29 is 0 Å². The van der Waals surface area contributed by atoms with E-state index in [-0.39, 0.29) is 0 Å². The lowest BCUT2D eigenvalue weighted by molar-refractivity contribution is 0.107. The van der Waals surface area contributed by atoms with E-state index >= 15 is 0 Å². The first-order valence-electron chi connectivity index (χ1n) is 8.02. The zero-order valence-corrected chi connectivity index (χ0v) is 14.2. The fraction of sp³-hybridized carbons (Fsp3) is 0.812. The van der Waals surface area contributed by atoms with Crippen molar-refractivity contribution in [1.82, 2.24) is 15.2 Å². The molecule has 1 saturated heterocycles. The van der Waals surface area contributed by atoms with Gasteiger partial charge in [0.25, 0.3) is 0 Å². The van der Waals surface area contributed by atoms with Gasteiger partial charge in [-0.3, -0.25) is 4.90 Å². The van der Waals surface area contributed by atoms with Crippen LogP contribution in [0.4, 0.5) is 0 Å². The molecule has 0 radical (unpaired) electrons. The zero-order chi connectivity index (χ0) is 14.5. The molecule has 114 valence electrons. The molecule has 2 heterocycles. The summed E-state index contributed by atoms with van der Waals surface area (Å²) in [6.45, 7) is 12.5. The molecule has 0 bridgehead atoms. The highest BCUT2D eigenvalue weighted by Gasteiger charge is 2.28. The standard InChI is InChI=1S/C16H29N3S/c1-5-12(3)15-10-19(14(6-2)9-17-15)8-7-16-18-13(4)11-20-16/h11-12,14-15,17H,5-10H2,1-4H3. The van der Waals surface area contributed by atoms with Crippen LogP contribution in [0.3, 0.4) is 0 Å². The minimum Gasteiger partial charge on any atom is -0.311 e. The molecule has 1 N–H and O–H groups in total. The van der Waals surface area contributed by atoms with Crippen LogP contribution in [-0.4, -0.2) is 41.6 Å². The van der Waals surface area contributed by atoms with Crippen molar-refractivity contribution in [3.05, 3.63) is 16.1 Å². The van der Waals surface area contributed by atoms with Crippen molar-refractivity contribution in [3.63, 3.8) is 0 Å². The van der Waals surface area contributed by atoms with Crippen LogP contribution in [0.2, 0.25) is 0 Å². The molecule has 1 aliphatic rings. The highest BCUT2D eigenvalue weighted by molar-refractivity contribution is 7.09. The SMILES string of the molecule is CCC(C)C1CN(CCc2nc(C)cs2)C(CC)CN1. The molecular weight excluding hydrogens is 266 g/mol. The zero-order valence-electron chi connectivity index (χ0n) is 13.4. The van der Waals surface area contributed by atoms with Gasteiger partial charge in [-0.2, -0.15) is 0 Å². The van der Waals surface area contributed by atoms with Crippen LogP contribution in [0, 0.1) is 12.8 Å². The number of hydrogen-bond donors (Lipinski definition) is 1. The van der Waals surface area contributed by atoms with Gasteiger partial charge in [-0.25, -0.2) is 4.98 Å². The molecule has 3 unspecified atom stereocenters. The van der Waals surface area contributed by atoms with Crippen LogP contribution in [0.15, 0.2) is 5.38 Å². The number of nitrogens with one attached hydrogen (secondary N) is 1. The molecule has 20 heavy (non-hydrogen) atoms. The summed E-state index contributed by atoms with van der Waals surface area (Å²) in [6.07, 6.45) is 3.59. The van der Waals surface area contributed by atoms with Gasteiger partial charge in [0.2, 0.25) is 0 Å². The smallest absolute Gasteiger partial charge is 0.0940 e. The summed E-state index contributed by atoms with van der Waals surface area (Å²) in [6, 6.07) is 1.34. The lowest BCUT2D eigenvalue weighted by Crippen LogP contribution is -2.58. The van der Waals surface area contributed by atoms with Gasteiger partial charge < -0.3 is 5.32 Å². The Morgan fingerprint density at radius 1 is 1.50 bits per heavy atom. The molecule has 0 aromatic carbocycles. The van der Waals surface area contributed by atoms with Crippen molar-refractivity contribution in [1.29, 1.82) is 0 Å². The Kier molecular flexibility index (Phi) is 6.00. The van der Waals surface area contributed by atoms with Crippen LogP contribution in [0.1, 0.15) is 44.3 Å². The van der Waals surface area contributed by atoms with E-state index in [1.807, 2.05) is 0 Å². The molecule has 0 amide bonds.